The zero-order chi connectivity index (χ0) is 16.9. The van der Waals surface area contributed by atoms with E-state index in [9.17, 15) is 4.79 Å². The molecule has 3 rings (SSSR count). The first kappa shape index (κ1) is 17.2. The summed E-state index contributed by atoms with van der Waals surface area (Å²) in [5.41, 5.74) is 1.37. The average Bonchev–Trinajstić information content (AvgIpc) is 3.08. The summed E-state index contributed by atoms with van der Waals surface area (Å²) in [6, 6.07) is 15.4. The minimum Gasteiger partial charge on any atom is -0.492 e. The summed E-state index contributed by atoms with van der Waals surface area (Å²) in [6.07, 6.45) is 2.45. The Morgan fingerprint density at radius 2 is 1.75 bits per heavy atom. The molecular weight excluding hydrogens is 366 g/mol. The molecule has 4 heteroatoms. The summed E-state index contributed by atoms with van der Waals surface area (Å²) in [7, 11) is 0. The van der Waals surface area contributed by atoms with Crippen molar-refractivity contribution >= 4 is 21.7 Å². The summed E-state index contributed by atoms with van der Waals surface area (Å²) in [5.74, 6) is 0.854. The molecule has 1 atom stereocenters. The van der Waals surface area contributed by atoms with Crippen molar-refractivity contribution in [3.05, 3.63) is 64.1 Å². The number of halogens is 1. The van der Waals surface area contributed by atoms with E-state index in [1.807, 2.05) is 48.5 Å². The summed E-state index contributed by atoms with van der Waals surface area (Å²) in [4.78, 5) is 14.9. The predicted octanol–water partition coefficient (Wildman–Crippen LogP) is 4.54. The van der Waals surface area contributed by atoms with Crippen LogP contribution in [0.5, 0.6) is 5.75 Å². The smallest absolute Gasteiger partial charge is 0.193 e. The topological polar surface area (TPSA) is 29.5 Å². The van der Waals surface area contributed by atoms with E-state index in [1.54, 1.807) is 0 Å². The van der Waals surface area contributed by atoms with Crippen LogP contribution in [-0.4, -0.2) is 36.4 Å². The Bertz CT molecular complexity index is 682. The molecule has 0 radical (unpaired) electrons. The van der Waals surface area contributed by atoms with Crippen molar-refractivity contribution in [3.63, 3.8) is 0 Å². The van der Waals surface area contributed by atoms with E-state index in [0.717, 1.165) is 16.8 Å². The number of ketones is 1. The fourth-order valence-electron chi connectivity index (χ4n) is 3.16. The second kappa shape index (κ2) is 7.95. The van der Waals surface area contributed by atoms with Gasteiger partial charge in [-0.1, -0.05) is 22.9 Å². The Morgan fingerprint density at radius 3 is 2.38 bits per heavy atom. The number of ether oxygens (including phenoxy) is 1. The van der Waals surface area contributed by atoms with Gasteiger partial charge in [0.15, 0.2) is 5.78 Å². The van der Waals surface area contributed by atoms with E-state index >= 15 is 0 Å². The minimum absolute atomic E-state index is 0.0296. The number of hydrogen-bond donors (Lipinski definition) is 0. The Balaban J connectivity index is 1.60. The minimum atomic E-state index is 0.0296. The van der Waals surface area contributed by atoms with Crippen molar-refractivity contribution in [2.75, 3.05) is 19.7 Å². The van der Waals surface area contributed by atoms with Crippen molar-refractivity contribution in [3.8, 4) is 5.75 Å². The first-order valence-electron chi connectivity index (χ1n) is 8.44. The number of hydrogen-bond acceptors (Lipinski definition) is 3. The number of nitrogens with zero attached hydrogens (tertiary/aromatic N) is 1. The van der Waals surface area contributed by atoms with Crippen molar-refractivity contribution in [1.82, 2.24) is 4.90 Å². The SMILES string of the molecule is CCN1CCC[C@H]1COc1ccc(C(=O)c2ccc(Br)cc2)cc1. The van der Waals surface area contributed by atoms with Crippen molar-refractivity contribution in [2.45, 2.75) is 25.8 Å². The number of benzene rings is 2. The highest BCUT2D eigenvalue weighted by atomic mass is 79.9. The summed E-state index contributed by atoms with van der Waals surface area (Å²) in [6.45, 7) is 5.16. The third-order valence-corrected chi connectivity index (χ3v) is 5.10. The van der Waals surface area contributed by atoms with Gasteiger partial charge < -0.3 is 4.74 Å². The van der Waals surface area contributed by atoms with Crippen LogP contribution in [0.15, 0.2) is 53.0 Å². The van der Waals surface area contributed by atoms with Crippen LogP contribution < -0.4 is 4.74 Å². The normalized spacial score (nSPS) is 17.8. The number of carbonyl (C=O) groups is 1. The largest absolute Gasteiger partial charge is 0.492 e. The van der Waals surface area contributed by atoms with Crippen LogP contribution >= 0.6 is 15.9 Å². The highest BCUT2D eigenvalue weighted by Gasteiger charge is 2.23. The maximum absolute atomic E-state index is 12.5. The Hall–Kier alpha value is -1.65. The monoisotopic (exact) mass is 387 g/mol. The molecule has 0 N–H and O–H groups in total. The van der Waals surface area contributed by atoms with E-state index in [0.29, 0.717) is 23.8 Å². The van der Waals surface area contributed by atoms with E-state index in [4.69, 9.17) is 4.74 Å². The lowest BCUT2D eigenvalue weighted by atomic mass is 10.0. The fourth-order valence-corrected chi connectivity index (χ4v) is 3.43. The van der Waals surface area contributed by atoms with Crippen LogP contribution in [0.25, 0.3) is 0 Å². The van der Waals surface area contributed by atoms with Crippen molar-refractivity contribution in [2.24, 2.45) is 0 Å². The second-order valence-electron chi connectivity index (χ2n) is 6.10. The quantitative estimate of drug-likeness (QED) is 0.681. The number of carbonyl (C=O) groups excluding carboxylic acids is 1. The van der Waals surface area contributed by atoms with Gasteiger partial charge in [0.1, 0.15) is 12.4 Å². The molecule has 0 saturated carbocycles. The average molecular weight is 388 g/mol. The van der Waals surface area contributed by atoms with Gasteiger partial charge in [-0.2, -0.15) is 0 Å². The molecule has 1 fully saturated rings. The van der Waals surface area contributed by atoms with Gasteiger partial charge in [-0.3, -0.25) is 9.69 Å². The fraction of sp³-hybridized carbons (Fsp3) is 0.350. The van der Waals surface area contributed by atoms with Crippen molar-refractivity contribution in [1.29, 1.82) is 0 Å². The van der Waals surface area contributed by atoms with Gasteiger partial charge >= 0.3 is 0 Å². The third-order valence-electron chi connectivity index (χ3n) is 4.57. The first-order valence-corrected chi connectivity index (χ1v) is 9.24. The highest BCUT2D eigenvalue weighted by molar-refractivity contribution is 9.10. The molecule has 0 spiro atoms. The van der Waals surface area contributed by atoms with E-state index < -0.39 is 0 Å². The van der Waals surface area contributed by atoms with Gasteiger partial charge in [0.25, 0.3) is 0 Å². The standard InChI is InChI=1S/C20H22BrNO2/c1-2-22-13-3-4-18(22)14-24-19-11-7-16(8-12-19)20(23)15-5-9-17(21)10-6-15/h5-12,18H,2-4,13-14H2,1H3/t18-/m0/s1. The maximum atomic E-state index is 12.5. The Kier molecular flexibility index (Phi) is 5.69. The first-order chi connectivity index (χ1) is 11.7. The third kappa shape index (κ3) is 4.05. The lowest BCUT2D eigenvalue weighted by Gasteiger charge is -2.22. The molecule has 0 bridgehead atoms. The molecule has 2 aromatic rings. The zero-order valence-electron chi connectivity index (χ0n) is 13.9. The van der Waals surface area contributed by atoms with Crippen LogP contribution in [0.2, 0.25) is 0 Å². The highest BCUT2D eigenvalue weighted by Crippen LogP contribution is 2.20. The number of rotatable bonds is 6. The van der Waals surface area contributed by atoms with E-state index in [1.165, 1.54) is 19.4 Å². The lowest BCUT2D eigenvalue weighted by molar-refractivity contribution is 0.103. The van der Waals surface area contributed by atoms with Gasteiger partial charge in [0.05, 0.1) is 0 Å². The number of likely N-dealkylation sites (tertiary alicyclic amines) is 1. The van der Waals surface area contributed by atoms with E-state index in [2.05, 4.69) is 27.8 Å². The molecule has 0 unspecified atom stereocenters. The zero-order valence-corrected chi connectivity index (χ0v) is 15.5. The van der Waals surface area contributed by atoms with Crippen molar-refractivity contribution < 1.29 is 9.53 Å². The maximum Gasteiger partial charge on any atom is 0.193 e. The molecule has 24 heavy (non-hydrogen) atoms. The van der Waals surface area contributed by atoms with Gasteiger partial charge in [-0.25, -0.2) is 0 Å². The number of likely N-dealkylation sites (N-methyl/N-ethyl adjacent to an activating group) is 1. The molecule has 126 valence electrons. The van der Waals surface area contributed by atoms with Crippen LogP contribution in [0.4, 0.5) is 0 Å². The lowest BCUT2D eigenvalue weighted by Crippen LogP contribution is -2.33. The molecule has 1 heterocycles. The molecule has 2 aromatic carbocycles. The predicted molar refractivity (Wildman–Crippen MR) is 99.8 cm³/mol. The molecule has 1 saturated heterocycles. The van der Waals surface area contributed by atoms with Gasteiger partial charge in [0.2, 0.25) is 0 Å². The van der Waals surface area contributed by atoms with Crippen LogP contribution in [0.1, 0.15) is 35.7 Å². The summed E-state index contributed by atoms with van der Waals surface area (Å²) < 4.78 is 6.89. The summed E-state index contributed by atoms with van der Waals surface area (Å²) >= 11 is 3.38. The molecule has 3 nitrogen and oxygen atoms in total. The molecule has 0 aromatic heterocycles. The Morgan fingerprint density at radius 1 is 1.12 bits per heavy atom. The molecule has 1 aliphatic heterocycles. The van der Waals surface area contributed by atoms with Crippen LogP contribution in [0.3, 0.4) is 0 Å². The van der Waals surface area contributed by atoms with E-state index in [-0.39, 0.29) is 5.78 Å². The Labute approximate surface area is 151 Å². The summed E-state index contributed by atoms with van der Waals surface area (Å²) in [5, 5.41) is 0. The van der Waals surface area contributed by atoms with Gasteiger partial charge in [-0.05, 0) is 74.5 Å². The molecule has 0 aliphatic carbocycles. The molecule has 0 amide bonds. The molecular formula is C20H22BrNO2. The molecule has 1 aliphatic rings. The second-order valence-corrected chi connectivity index (χ2v) is 7.01. The van der Waals surface area contributed by atoms with Crippen LogP contribution in [0, 0.1) is 0 Å². The van der Waals surface area contributed by atoms with Gasteiger partial charge in [0, 0.05) is 21.6 Å². The van der Waals surface area contributed by atoms with Gasteiger partial charge in [-0.15, -0.1) is 0 Å². The van der Waals surface area contributed by atoms with Crippen LogP contribution in [-0.2, 0) is 0 Å².